The van der Waals surface area contributed by atoms with Gasteiger partial charge in [0.15, 0.2) is 0 Å². The average molecular weight is 520 g/mol. The third kappa shape index (κ3) is 9.28. The van der Waals surface area contributed by atoms with E-state index in [1.54, 1.807) is 37.4 Å². The first-order valence-electron chi connectivity index (χ1n) is 12.6. The monoisotopic (exact) mass is 519 g/mol. The number of aryl methyl sites for hydroxylation is 1. The first kappa shape index (κ1) is 28.2. The summed E-state index contributed by atoms with van der Waals surface area (Å²) in [5, 5.41) is 18.3. The van der Waals surface area contributed by atoms with E-state index < -0.39 is 11.9 Å². The maximum absolute atomic E-state index is 11.3. The molecule has 0 aliphatic heterocycles. The number of methoxy groups -OCH3 is 1. The Morgan fingerprint density at radius 2 is 1.55 bits per heavy atom. The number of carboxylic acid groups (broad SMARTS) is 2. The molecule has 0 saturated heterocycles. The van der Waals surface area contributed by atoms with E-state index in [4.69, 9.17) is 19.3 Å². The van der Waals surface area contributed by atoms with Crippen molar-refractivity contribution in [3.63, 3.8) is 0 Å². The Morgan fingerprint density at radius 1 is 0.816 bits per heavy atom. The van der Waals surface area contributed by atoms with Gasteiger partial charge in [-0.1, -0.05) is 37.1 Å². The van der Waals surface area contributed by atoms with Crippen LogP contribution in [0.25, 0.3) is 6.08 Å². The highest BCUT2D eigenvalue weighted by Crippen LogP contribution is 2.21. The smallest absolute Gasteiger partial charge is 0.339 e. The largest absolute Gasteiger partial charge is 0.497 e. The number of aromatic nitrogens is 1. The van der Waals surface area contributed by atoms with E-state index in [2.05, 4.69) is 17.1 Å². The third-order valence-electron chi connectivity index (χ3n) is 5.84. The molecule has 0 aliphatic carbocycles. The lowest BCUT2D eigenvalue weighted by atomic mass is 10.1. The quantitative estimate of drug-likeness (QED) is 0.183. The molecular formula is C30H33NO7. The van der Waals surface area contributed by atoms with Crippen molar-refractivity contribution in [2.24, 2.45) is 0 Å². The highest BCUT2D eigenvalue weighted by Gasteiger charge is 2.11. The van der Waals surface area contributed by atoms with Gasteiger partial charge in [0.05, 0.1) is 20.3 Å². The van der Waals surface area contributed by atoms with Gasteiger partial charge >= 0.3 is 11.9 Å². The molecule has 0 amide bonds. The first-order valence-corrected chi connectivity index (χ1v) is 12.6. The fraction of sp³-hybridized carbons (Fsp3) is 0.300. The topological polar surface area (TPSA) is 115 Å². The summed E-state index contributed by atoms with van der Waals surface area (Å²) in [7, 11) is 1.66. The average Bonchev–Trinajstić information content (AvgIpc) is 2.92. The molecule has 200 valence electrons. The summed E-state index contributed by atoms with van der Waals surface area (Å²) < 4.78 is 16.8. The third-order valence-corrected chi connectivity index (χ3v) is 5.84. The number of hydrogen-bond donors (Lipinski definition) is 2. The summed E-state index contributed by atoms with van der Waals surface area (Å²) in [5.41, 5.74) is 2.48. The molecule has 0 saturated carbocycles. The van der Waals surface area contributed by atoms with Gasteiger partial charge in [-0.15, -0.1) is 0 Å². The predicted molar refractivity (Wildman–Crippen MR) is 144 cm³/mol. The van der Waals surface area contributed by atoms with Crippen molar-refractivity contribution in [3.05, 3.63) is 89.3 Å². The summed E-state index contributed by atoms with van der Waals surface area (Å²) in [6.45, 7) is 0.725. The zero-order valence-corrected chi connectivity index (χ0v) is 21.5. The molecule has 3 rings (SSSR count). The molecule has 1 aromatic heterocycles. The van der Waals surface area contributed by atoms with E-state index in [-0.39, 0.29) is 17.9 Å². The number of benzene rings is 2. The number of pyridine rings is 1. The van der Waals surface area contributed by atoms with Crippen LogP contribution >= 0.6 is 0 Å². The number of rotatable bonds is 16. The molecule has 3 aromatic rings. The normalized spacial score (nSPS) is 10.9. The van der Waals surface area contributed by atoms with Crippen LogP contribution in [0.5, 0.6) is 17.2 Å². The Morgan fingerprint density at radius 3 is 2.29 bits per heavy atom. The fourth-order valence-electron chi connectivity index (χ4n) is 3.83. The molecule has 0 atom stereocenters. The zero-order valence-electron chi connectivity index (χ0n) is 21.5. The number of carboxylic acids is 2. The van der Waals surface area contributed by atoms with Crippen LogP contribution in [0.4, 0.5) is 0 Å². The van der Waals surface area contributed by atoms with Crippen molar-refractivity contribution in [2.75, 3.05) is 20.3 Å². The Balaban J connectivity index is 1.47. The van der Waals surface area contributed by atoms with Gasteiger partial charge in [0.2, 0.25) is 0 Å². The minimum atomic E-state index is -1.08. The van der Waals surface area contributed by atoms with Gasteiger partial charge < -0.3 is 24.4 Å². The number of carbonyl (C=O) groups is 2. The minimum Gasteiger partial charge on any atom is -0.497 e. The molecule has 0 fully saturated rings. The number of aliphatic carboxylic acids is 1. The lowest BCUT2D eigenvalue weighted by Crippen LogP contribution is -2.08. The first-order chi connectivity index (χ1) is 18.5. The minimum absolute atomic E-state index is 0.0926. The van der Waals surface area contributed by atoms with E-state index in [0.717, 1.165) is 43.9 Å². The van der Waals surface area contributed by atoms with Crippen LogP contribution in [0.15, 0.2) is 66.7 Å². The molecule has 0 unspecified atom stereocenters. The van der Waals surface area contributed by atoms with Crippen molar-refractivity contribution in [2.45, 2.75) is 38.5 Å². The number of para-hydroxylation sites is 1. The second-order valence-corrected chi connectivity index (χ2v) is 8.62. The number of ether oxygens (including phenoxy) is 3. The second-order valence-electron chi connectivity index (χ2n) is 8.62. The number of unbranched alkanes of at least 4 members (excludes halogenated alkanes) is 3. The van der Waals surface area contributed by atoms with Gasteiger partial charge in [-0.2, -0.15) is 0 Å². The van der Waals surface area contributed by atoms with Gasteiger partial charge in [0, 0.05) is 18.2 Å². The zero-order chi connectivity index (χ0) is 27.2. The number of hydrogen-bond acceptors (Lipinski definition) is 6. The summed E-state index contributed by atoms with van der Waals surface area (Å²) >= 11 is 0. The summed E-state index contributed by atoms with van der Waals surface area (Å²) in [6, 6.07) is 18.1. The van der Waals surface area contributed by atoms with Gasteiger partial charge in [-0.3, -0.25) is 0 Å². The van der Waals surface area contributed by atoms with Crippen LogP contribution in [0.3, 0.4) is 0 Å². The van der Waals surface area contributed by atoms with Crippen LogP contribution in [-0.2, 0) is 17.6 Å². The molecule has 1 heterocycles. The van der Waals surface area contributed by atoms with Crippen LogP contribution in [0, 0.1) is 0 Å². The molecule has 0 bridgehead atoms. The number of aromatic carboxylic acids is 1. The van der Waals surface area contributed by atoms with E-state index in [1.165, 1.54) is 17.7 Å². The van der Waals surface area contributed by atoms with Crippen molar-refractivity contribution < 1.29 is 34.0 Å². The predicted octanol–water partition coefficient (Wildman–Crippen LogP) is 5.69. The molecule has 8 nitrogen and oxygen atoms in total. The van der Waals surface area contributed by atoms with Crippen LogP contribution in [0.2, 0.25) is 0 Å². The fourth-order valence-corrected chi connectivity index (χ4v) is 3.83. The SMILES string of the molecule is COc1ccc(CCCCCCOc2ccc(CCOc3ccccc3C(=O)O)nc2C=CC(=O)O)cc1. The highest BCUT2D eigenvalue weighted by atomic mass is 16.5. The molecular weight excluding hydrogens is 486 g/mol. The Labute approximate surface area is 222 Å². The van der Waals surface area contributed by atoms with Crippen molar-refractivity contribution in [1.29, 1.82) is 0 Å². The van der Waals surface area contributed by atoms with Gasteiger partial charge in [0.25, 0.3) is 0 Å². The van der Waals surface area contributed by atoms with E-state index >= 15 is 0 Å². The molecule has 0 radical (unpaired) electrons. The maximum Gasteiger partial charge on any atom is 0.339 e. The lowest BCUT2D eigenvalue weighted by Gasteiger charge is -2.12. The molecule has 8 heteroatoms. The second kappa shape index (κ2) is 15.0. The number of nitrogens with zero attached hydrogens (tertiary/aromatic N) is 1. The highest BCUT2D eigenvalue weighted by molar-refractivity contribution is 5.90. The summed E-state index contributed by atoms with van der Waals surface area (Å²) in [4.78, 5) is 26.9. The van der Waals surface area contributed by atoms with Gasteiger partial charge in [0.1, 0.15) is 28.5 Å². The van der Waals surface area contributed by atoms with Gasteiger partial charge in [-0.05, 0) is 67.3 Å². The molecule has 38 heavy (non-hydrogen) atoms. The summed E-state index contributed by atoms with van der Waals surface area (Å²) in [5.74, 6) is -0.468. The van der Waals surface area contributed by atoms with Crippen LogP contribution < -0.4 is 14.2 Å². The van der Waals surface area contributed by atoms with E-state index in [1.807, 2.05) is 12.1 Å². The van der Waals surface area contributed by atoms with Gasteiger partial charge in [-0.25, -0.2) is 14.6 Å². The van der Waals surface area contributed by atoms with E-state index in [9.17, 15) is 14.7 Å². The standard InChI is InChI=1S/C30H33NO7/c1-36-24-14-11-22(12-15-24)8-4-2-3-7-20-37-28-17-13-23(31-26(28)16-18-29(32)33)19-21-38-27-10-6-5-9-25(27)30(34)35/h5-6,9-18H,2-4,7-8,19-21H2,1H3,(H,32,33)(H,34,35). The van der Waals surface area contributed by atoms with Crippen LogP contribution in [-0.4, -0.2) is 47.5 Å². The van der Waals surface area contributed by atoms with Crippen LogP contribution in [0.1, 0.15) is 53.0 Å². The molecule has 2 aromatic carbocycles. The molecule has 2 N–H and O–H groups in total. The van der Waals surface area contributed by atoms with Crippen molar-refractivity contribution in [1.82, 2.24) is 4.98 Å². The van der Waals surface area contributed by atoms with Crippen molar-refractivity contribution >= 4 is 18.0 Å². The lowest BCUT2D eigenvalue weighted by molar-refractivity contribution is -0.131. The maximum atomic E-state index is 11.3. The molecule has 0 spiro atoms. The molecule has 0 aliphatic rings. The summed E-state index contributed by atoms with van der Waals surface area (Å²) in [6.07, 6.45) is 7.95. The Bertz CT molecular complexity index is 1220. The van der Waals surface area contributed by atoms with Crippen molar-refractivity contribution in [3.8, 4) is 17.2 Å². The van der Waals surface area contributed by atoms with E-state index in [0.29, 0.717) is 30.2 Å². The Kier molecular flexibility index (Phi) is 11.2. The Hall–Kier alpha value is -4.33.